The maximum absolute atomic E-state index is 13.1. The molecule has 0 aromatic rings. The van der Waals surface area contributed by atoms with Crippen LogP contribution in [0.2, 0.25) is 0 Å². The first-order valence-corrected chi connectivity index (χ1v) is 18.0. The number of hydrogen-bond donors (Lipinski definition) is 0. The number of carbonyl (C=O) groups is 2. The van der Waals surface area contributed by atoms with Crippen molar-refractivity contribution in [2.24, 2.45) is 34.5 Å². The van der Waals surface area contributed by atoms with Gasteiger partial charge in [0.15, 0.2) is 6.10 Å². The summed E-state index contributed by atoms with van der Waals surface area (Å²) in [6, 6.07) is 0.797. The fourth-order valence-electron chi connectivity index (χ4n) is 11.9. The van der Waals surface area contributed by atoms with E-state index in [-0.39, 0.29) is 29.6 Å². The van der Waals surface area contributed by atoms with Crippen molar-refractivity contribution in [2.75, 3.05) is 33.2 Å². The Morgan fingerprint density at radius 1 is 0.881 bits per heavy atom. The normalized spacial score (nSPS) is 45.3. The molecule has 4 saturated carbocycles. The van der Waals surface area contributed by atoms with E-state index >= 15 is 0 Å². The number of likely N-dealkylation sites (N-methyl/N-ethyl adjacent to an activating group) is 1. The van der Waals surface area contributed by atoms with Crippen LogP contribution in [-0.2, 0) is 19.1 Å². The Balaban J connectivity index is 1.29. The first kappa shape index (κ1) is 30.9. The predicted molar refractivity (Wildman–Crippen MR) is 166 cm³/mol. The third-order valence-corrected chi connectivity index (χ3v) is 14.1. The second-order valence-electron chi connectivity index (χ2n) is 16.4. The third-order valence-electron chi connectivity index (χ3n) is 14.1. The number of fused-ring (bicyclic) bond motifs is 5. The highest BCUT2D eigenvalue weighted by atomic mass is 16.5. The van der Waals surface area contributed by atoms with Crippen LogP contribution in [0.1, 0.15) is 124 Å². The maximum Gasteiger partial charge on any atom is 0.306 e. The molecule has 0 radical (unpaired) electrons. The molecule has 0 spiro atoms. The maximum atomic E-state index is 13.1. The van der Waals surface area contributed by atoms with Crippen molar-refractivity contribution in [1.29, 1.82) is 0 Å². The lowest BCUT2D eigenvalue weighted by Crippen LogP contribution is -2.61. The summed E-state index contributed by atoms with van der Waals surface area (Å²) >= 11 is 0. The minimum Gasteiger partial charge on any atom is -0.461 e. The fourth-order valence-corrected chi connectivity index (χ4v) is 11.9. The zero-order valence-corrected chi connectivity index (χ0v) is 27.6. The van der Waals surface area contributed by atoms with Crippen LogP contribution in [0.3, 0.4) is 0 Å². The molecule has 42 heavy (non-hydrogen) atoms. The third kappa shape index (κ3) is 5.37. The topological polar surface area (TPSA) is 55.8 Å². The number of likely N-dealkylation sites (tertiary alicyclic amines) is 2. The molecule has 5 unspecified atom stereocenters. The van der Waals surface area contributed by atoms with Crippen LogP contribution in [0.15, 0.2) is 0 Å². The van der Waals surface area contributed by atoms with Gasteiger partial charge in [0.05, 0.1) is 20.1 Å². The summed E-state index contributed by atoms with van der Waals surface area (Å²) in [6.07, 6.45) is 17.7. The Morgan fingerprint density at radius 3 is 2.29 bits per heavy atom. The summed E-state index contributed by atoms with van der Waals surface area (Å²) in [7, 11) is 2.49. The van der Waals surface area contributed by atoms with Gasteiger partial charge in [0.25, 0.3) is 0 Å². The molecule has 0 aromatic carbocycles. The Hall–Kier alpha value is -1.14. The van der Waals surface area contributed by atoms with E-state index in [2.05, 4.69) is 32.7 Å². The van der Waals surface area contributed by atoms with Gasteiger partial charge in [-0.15, -0.1) is 0 Å². The molecule has 0 aromatic heterocycles. The minimum absolute atomic E-state index is 0.0314. The molecular formula is C36H61N2O4+. The lowest BCUT2D eigenvalue weighted by atomic mass is 9.44. The molecule has 0 bridgehead atoms. The van der Waals surface area contributed by atoms with Gasteiger partial charge in [-0.2, -0.15) is 0 Å². The Labute approximate surface area is 256 Å². The summed E-state index contributed by atoms with van der Waals surface area (Å²) in [5.41, 5.74) is 0.372. The van der Waals surface area contributed by atoms with Crippen molar-refractivity contribution in [3.05, 3.63) is 0 Å². The van der Waals surface area contributed by atoms with Crippen LogP contribution in [0.4, 0.5) is 0 Å². The smallest absolute Gasteiger partial charge is 0.306 e. The van der Waals surface area contributed by atoms with Gasteiger partial charge in [-0.1, -0.05) is 27.2 Å². The van der Waals surface area contributed by atoms with Crippen LogP contribution in [0.25, 0.3) is 0 Å². The average molecular weight is 586 g/mol. The molecule has 2 saturated heterocycles. The van der Waals surface area contributed by atoms with E-state index in [1.54, 1.807) is 6.92 Å². The fraction of sp³-hybridized carbons (Fsp3) is 0.944. The van der Waals surface area contributed by atoms with Crippen LogP contribution in [0.5, 0.6) is 0 Å². The molecule has 6 heteroatoms. The van der Waals surface area contributed by atoms with Crippen molar-refractivity contribution in [1.82, 2.24) is 4.90 Å². The van der Waals surface area contributed by atoms with Crippen LogP contribution < -0.4 is 0 Å². The number of ether oxygens (including phenoxy) is 2. The molecule has 6 nitrogen and oxygen atoms in total. The summed E-state index contributed by atoms with van der Waals surface area (Å²) in [5.74, 6) is 2.63. The van der Waals surface area contributed by atoms with Gasteiger partial charge in [0.1, 0.15) is 12.1 Å². The number of esters is 2. The molecule has 6 rings (SSSR count). The van der Waals surface area contributed by atoms with E-state index in [0.717, 1.165) is 36.3 Å². The van der Waals surface area contributed by atoms with Gasteiger partial charge < -0.3 is 14.0 Å². The largest absolute Gasteiger partial charge is 0.461 e. The van der Waals surface area contributed by atoms with Gasteiger partial charge in [-0.25, -0.2) is 0 Å². The molecule has 6 fully saturated rings. The van der Waals surface area contributed by atoms with Crippen molar-refractivity contribution in [3.63, 3.8) is 0 Å². The number of hydrogen-bond acceptors (Lipinski definition) is 5. The van der Waals surface area contributed by atoms with E-state index in [1.165, 1.54) is 90.1 Å². The van der Waals surface area contributed by atoms with Gasteiger partial charge >= 0.3 is 11.9 Å². The van der Waals surface area contributed by atoms with Crippen molar-refractivity contribution in [2.45, 2.75) is 148 Å². The second kappa shape index (κ2) is 12.0. The van der Waals surface area contributed by atoms with Crippen molar-refractivity contribution in [3.8, 4) is 0 Å². The van der Waals surface area contributed by atoms with Crippen molar-refractivity contribution < 1.29 is 23.5 Å². The Kier molecular flexibility index (Phi) is 8.81. The molecule has 2 heterocycles. The molecule has 4 aliphatic carbocycles. The Morgan fingerprint density at radius 2 is 1.60 bits per heavy atom. The van der Waals surface area contributed by atoms with E-state index in [4.69, 9.17) is 9.47 Å². The van der Waals surface area contributed by atoms with Gasteiger partial charge in [-0.3, -0.25) is 14.5 Å². The summed E-state index contributed by atoms with van der Waals surface area (Å²) in [5, 5.41) is 0. The first-order valence-electron chi connectivity index (χ1n) is 18.0. The zero-order valence-electron chi connectivity index (χ0n) is 27.6. The number of piperidine rings is 2. The molecule has 0 N–H and O–H groups in total. The number of nitrogens with zero attached hydrogens (tertiary/aromatic N) is 2. The molecule has 10 atom stereocenters. The lowest BCUT2D eigenvalue weighted by molar-refractivity contribution is -0.940. The first-order chi connectivity index (χ1) is 20.1. The highest BCUT2D eigenvalue weighted by Crippen LogP contribution is 2.67. The van der Waals surface area contributed by atoms with E-state index in [9.17, 15) is 9.59 Å². The van der Waals surface area contributed by atoms with E-state index in [0.29, 0.717) is 41.7 Å². The lowest BCUT2D eigenvalue weighted by Gasteiger charge is -2.62. The number of carbonyl (C=O) groups excluding carboxylic acids is 2. The highest BCUT2D eigenvalue weighted by Gasteiger charge is 2.67. The molecular weight excluding hydrogens is 524 g/mol. The number of quaternary nitrogens is 1. The van der Waals surface area contributed by atoms with Gasteiger partial charge in [-0.05, 0) is 119 Å². The number of rotatable bonds is 6. The quantitative estimate of drug-likeness (QED) is 0.255. The summed E-state index contributed by atoms with van der Waals surface area (Å²) in [6.45, 7) is 13.6. The van der Waals surface area contributed by atoms with Gasteiger partial charge in [0, 0.05) is 31.2 Å². The van der Waals surface area contributed by atoms with Gasteiger partial charge in [0.2, 0.25) is 0 Å². The summed E-state index contributed by atoms with van der Waals surface area (Å²) in [4.78, 5) is 28.0. The average Bonchev–Trinajstić information content (AvgIpc) is 3.26. The van der Waals surface area contributed by atoms with Crippen LogP contribution >= 0.6 is 0 Å². The SMILES string of the molecule is CCCC(=O)OC1C([N+]2(C)CCCCC2)C[C@H]2[C@@H]3CCC4CC(OC(C)=O)C(N5CCCCC5)C[C@]4(C)[C@@H]3CC[C@]12C. The summed E-state index contributed by atoms with van der Waals surface area (Å²) < 4.78 is 13.8. The second-order valence-corrected chi connectivity index (χ2v) is 16.4. The van der Waals surface area contributed by atoms with E-state index in [1.807, 2.05) is 0 Å². The Bertz CT molecular complexity index is 989. The monoisotopic (exact) mass is 585 g/mol. The van der Waals surface area contributed by atoms with Crippen LogP contribution in [0, 0.1) is 34.5 Å². The standard InChI is InChI=1S/C36H61N2O4/c1-6-13-33(40)42-34-31(38(5)20-11-8-12-21-38)23-29-27-15-14-26-22-32(41-25(2)39)30(37-18-9-7-10-19-37)24-36(26,4)28(27)16-17-35(29,34)3/h26-32,34H,6-24H2,1-5H3/q+1/t26?,27-,28-,29+,30?,31?,32?,34?,35+,36+/m1/s1. The molecule has 0 amide bonds. The molecule has 238 valence electrons. The zero-order chi connectivity index (χ0) is 29.7. The molecule has 6 aliphatic rings. The van der Waals surface area contributed by atoms with E-state index < -0.39 is 0 Å². The molecule has 2 aliphatic heterocycles. The van der Waals surface area contributed by atoms with Crippen molar-refractivity contribution >= 4 is 11.9 Å². The highest BCUT2D eigenvalue weighted by molar-refractivity contribution is 5.69. The predicted octanol–water partition coefficient (Wildman–Crippen LogP) is 6.75. The van der Waals surface area contributed by atoms with Crippen LogP contribution in [-0.4, -0.2) is 78.8 Å². The minimum atomic E-state index is -0.109.